The first-order valence-electron chi connectivity index (χ1n) is 5.52. The fourth-order valence-electron chi connectivity index (χ4n) is 2.29. The third kappa shape index (κ3) is 1.61. The minimum absolute atomic E-state index is 0.00366. The molecule has 1 fully saturated rings. The highest BCUT2D eigenvalue weighted by Gasteiger charge is 2.43. The minimum atomic E-state index is 0.00366. The van der Waals surface area contributed by atoms with Crippen molar-refractivity contribution in [1.82, 2.24) is 15.4 Å². The topological polar surface area (TPSA) is 67.6 Å². The molecule has 1 saturated carbocycles. The molecule has 2 aromatic rings. The van der Waals surface area contributed by atoms with Crippen molar-refractivity contribution >= 4 is 0 Å². The molecule has 1 aromatic carbocycles. The maximum absolute atomic E-state index is 6.15. The first-order chi connectivity index (χ1) is 7.86. The molecular formula is C12H14N4. The lowest BCUT2D eigenvalue weighted by Crippen LogP contribution is -2.13. The van der Waals surface area contributed by atoms with Crippen LogP contribution in [0.4, 0.5) is 0 Å². The lowest BCUT2D eigenvalue weighted by molar-refractivity contribution is 0.596. The Morgan fingerprint density at radius 1 is 1.31 bits per heavy atom. The second-order valence-corrected chi connectivity index (χ2v) is 4.34. The number of nitrogens with two attached hydrogens (primary N) is 1. The molecule has 4 heteroatoms. The van der Waals surface area contributed by atoms with E-state index < -0.39 is 0 Å². The molecule has 3 N–H and O–H groups in total. The van der Waals surface area contributed by atoms with Gasteiger partial charge < -0.3 is 5.73 Å². The highest BCUT2D eigenvalue weighted by Crippen LogP contribution is 2.52. The summed E-state index contributed by atoms with van der Waals surface area (Å²) in [5, 5.41) is 10.4. The maximum atomic E-state index is 6.15. The largest absolute Gasteiger partial charge is 0.322 e. The molecule has 0 spiro atoms. The predicted molar refractivity (Wildman–Crippen MR) is 60.6 cm³/mol. The average Bonchev–Trinajstić information content (AvgIpc) is 2.95. The van der Waals surface area contributed by atoms with Crippen LogP contribution in [0.5, 0.6) is 0 Å². The number of hydrogen-bond donors (Lipinski definition) is 2. The Morgan fingerprint density at radius 3 is 2.81 bits per heavy atom. The predicted octanol–water partition coefficient (Wildman–Crippen LogP) is 1.61. The molecule has 0 radical (unpaired) electrons. The molecule has 1 aromatic heterocycles. The van der Waals surface area contributed by atoms with Crippen LogP contribution in [0.15, 0.2) is 36.5 Å². The number of nitrogens with one attached hydrogen (secondary N) is 1. The van der Waals surface area contributed by atoms with Crippen molar-refractivity contribution in [2.45, 2.75) is 18.4 Å². The number of hydrogen-bond acceptors (Lipinski definition) is 3. The van der Waals surface area contributed by atoms with Crippen LogP contribution in [0.2, 0.25) is 0 Å². The first kappa shape index (κ1) is 9.54. The molecule has 0 aliphatic heterocycles. The molecule has 3 unspecified atom stereocenters. The summed E-state index contributed by atoms with van der Waals surface area (Å²) in [6.07, 6.45) is 2.86. The van der Waals surface area contributed by atoms with Crippen LogP contribution < -0.4 is 5.73 Å². The molecule has 0 bridgehead atoms. The van der Waals surface area contributed by atoms with Gasteiger partial charge in [0.1, 0.15) is 0 Å². The number of rotatable bonds is 3. The highest BCUT2D eigenvalue weighted by atomic mass is 15.3. The van der Waals surface area contributed by atoms with Gasteiger partial charge in [-0.3, -0.25) is 0 Å². The fraction of sp³-hybridized carbons (Fsp3) is 0.333. The van der Waals surface area contributed by atoms with Crippen molar-refractivity contribution in [1.29, 1.82) is 0 Å². The Kier molecular flexibility index (Phi) is 2.22. The van der Waals surface area contributed by atoms with E-state index in [0.717, 1.165) is 12.1 Å². The van der Waals surface area contributed by atoms with E-state index in [1.54, 1.807) is 6.20 Å². The second-order valence-electron chi connectivity index (χ2n) is 4.34. The molecule has 16 heavy (non-hydrogen) atoms. The van der Waals surface area contributed by atoms with Crippen LogP contribution in [0.1, 0.15) is 29.6 Å². The molecule has 1 aliphatic rings. The number of benzene rings is 1. The summed E-state index contributed by atoms with van der Waals surface area (Å²) in [5.41, 5.74) is 8.40. The first-order valence-corrected chi connectivity index (χ1v) is 5.52. The Balaban J connectivity index is 1.73. The quantitative estimate of drug-likeness (QED) is 0.815. The molecule has 3 rings (SSSR count). The third-order valence-electron chi connectivity index (χ3n) is 3.30. The van der Waals surface area contributed by atoms with E-state index in [9.17, 15) is 0 Å². The van der Waals surface area contributed by atoms with Crippen molar-refractivity contribution in [3.05, 3.63) is 47.8 Å². The normalized spacial score (nSPS) is 25.3. The Hall–Kier alpha value is -1.68. The standard InChI is InChI=1S/C12H14N4/c13-12(11-7-14-16-15-11)10-6-9(10)8-4-2-1-3-5-8/h1-5,7,9-10,12H,6,13H2,(H,14,15,16). The van der Waals surface area contributed by atoms with Gasteiger partial charge in [0.05, 0.1) is 17.9 Å². The second kappa shape index (κ2) is 3.72. The summed E-state index contributed by atoms with van der Waals surface area (Å²) in [4.78, 5) is 0. The Labute approximate surface area is 93.9 Å². The Bertz CT molecular complexity index is 451. The summed E-state index contributed by atoms with van der Waals surface area (Å²) < 4.78 is 0. The van der Waals surface area contributed by atoms with E-state index in [1.807, 2.05) is 6.07 Å². The smallest absolute Gasteiger partial charge is 0.0994 e. The summed E-state index contributed by atoms with van der Waals surface area (Å²) >= 11 is 0. The lowest BCUT2D eigenvalue weighted by atomic mass is 10.0. The number of nitrogens with zero attached hydrogens (tertiary/aromatic N) is 2. The van der Waals surface area contributed by atoms with Crippen LogP contribution in [0.3, 0.4) is 0 Å². The van der Waals surface area contributed by atoms with Gasteiger partial charge in [0, 0.05) is 0 Å². The van der Waals surface area contributed by atoms with E-state index >= 15 is 0 Å². The van der Waals surface area contributed by atoms with Crippen LogP contribution in [0, 0.1) is 5.92 Å². The third-order valence-corrected chi connectivity index (χ3v) is 3.30. The van der Waals surface area contributed by atoms with Gasteiger partial charge in [0.2, 0.25) is 0 Å². The molecule has 0 amide bonds. The van der Waals surface area contributed by atoms with E-state index in [4.69, 9.17) is 5.73 Å². The van der Waals surface area contributed by atoms with Crippen molar-refractivity contribution in [3.63, 3.8) is 0 Å². The highest BCUT2D eigenvalue weighted by molar-refractivity contribution is 5.27. The number of aromatic amines is 1. The van der Waals surface area contributed by atoms with Gasteiger partial charge in [-0.1, -0.05) is 30.3 Å². The van der Waals surface area contributed by atoms with Crippen LogP contribution in [0.25, 0.3) is 0 Å². The minimum Gasteiger partial charge on any atom is -0.322 e. The van der Waals surface area contributed by atoms with E-state index in [0.29, 0.717) is 11.8 Å². The van der Waals surface area contributed by atoms with Crippen LogP contribution >= 0.6 is 0 Å². The molecule has 3 atom stereocenters. The number of H-pyrrole nitrogens is 1. The summed E-state index contributed by atoms with van der Waals surface area (Å²) in [7, 11) is 0. The van der Waals surface area contributed by atoms with Crippen LogP contribution in [-0.2, 0) is 0 Å². The molecule has 82 valence electrons. The maximum Gasteiger partial charge on any atom is 0.0994 e. The van der Waals surface area contributed by atoms with Crippen LogP contribution in [-0.4, -0.2) is 15.4 Å². The van der Waals surface area contributed by atoms with Crippen molar-refractivity contribution < 1.29 is 0 Å². The van der Waals surface area contributed by atoms with E-state index in [2.05, 4.69) is 39.7 Å². The number of aromatic nitrogens is 3. The monoisotopic (exact) mass is 214 g/mol. The van der Waals surface area contributed by atoms with Crippen molar-refractivity contribution in [2.24, 2.45) is 11.7 Å². The molecule has 0 saturated heterocycles. The lowest BCUT2D eigenvalue weighted by Gasteiger charge is -2.07. The van der Waals surface area contributed by atoms with E-state index in [1.165, 1.54) is 5.56 Å². The van der Waals surface area contributed by atoms with Gasteiger partial charge in [0.25, 0.3) is 0 Å². The van der Waals surface area contributed by atoms with Crippen molar-refractivity contribution in [3.8, 4) is 0 Å². The molecule has 4 nitrogen and oxygen atoms in total. The van der Waals surface area contributed by atoms with Crippen molar-refractivity contribution in [2.75, 3.05) is 0 Å². The van der Waals surface area contributed by atoms with Gasteiger partial charge in [0.15, 0.2) is 0 Å². The molecule has 1 aliphatic carbocycles. The summed E-state index contributed by atoms with van der Waals surface area (Å²) in [6, 6.07) is 10.5. The van der Waals surface area contributed by atoms with Gasteiger partial charge in [-0.2, -0.15) is 15.4 Å². The van der Waals surface area contributed by atoms with Gasteiger partial charge in [-0.15, -0.1) is 0 Å². The molecule has 1 heterocycles. The SMILES string of the molecule is NC(c1cn[nH]n1)C1CC1c1ccccc1. The molecular weight excluding hydrogens is 200 g/mol. The fourth-order valence-corrected chi connectivity index (χ4v) is 2.29. The van der Waals surface area contributed by atoms with Gasteiger partial charge in [-0.25, -0.2) is 0 Å². The zero-order valence-corrected chi connectivity index (χ0v) is 8.88. The summed E-state index contributed by atoms with van der Waals surface area (Å²) in [5.74, 6) is 1.10. The summed E-state index contributed by atoms with van der Waals surface area (Å²) in [6.45, 7) is 0. The zero-order chi connectivity index (χ0) is 11.0. The average molecular weight is 214 g/mol. The van der Waals surface area contributed by atoms with Gasteiger partial charge >= 0.3 is 0 Å². The zero-order valence-electron chi connectivity index (χ0n) is 8.88. The Morgan fingerprint density at radius 2 is 2.12 bits per heavy atom. The van der Waals surface area contributed by atoms with E-state index in [-0.39, 0.29) is 6.04 Å². The van der Waals surface area contributed by atoms with Gasteiger partial charge in [-0.05, 0) is 23.8 Å².